The number of aromatic nitrogens is 2. The molecule has 178 valence electrons. The Bertz CT molecular complexity index is 1500. The van der Waals surface area contributed by atoms with Gasteiger partial charge in [-0.25, -0.2) is 4.98 Å². The average Bonchev–Trinajstić information content (AvgIpc) is 2.83. The molecule has 0 saturated carbocycles. The normalized spacial score (nSPS) is 11.2. The molecule has 10 heteroatoms. The molecule has 0 aliphatic rings. The summed E-state index contributed by atoms with van der Waals surface area (Å²) in [5.74, 6) is 1.01. The highest BCUT2D eigenvalue weighted by molar-refractivity contribution is 9.10. The minimum atomic E-state index is -0.440. The smallest absolute Gasteiger partial charge is 0.282 e. The molecular weight excluding hydrogens is 514 g/mol. The summed E-state index contributed by atoms with van der Waals surface area (Å²) in [4.78, 5) is 29.9. The fraction of sp³-hybridized carbons (Fsp3) is 0.160. The maximum absolute atomic E-state index is 13.0. The highest BCUT2D eigenvalue weighted by Gasteiger charge is 2.10. The Morgan fingerprint density at radius 3 is 2.57 bits per heavy atom. The van der Waals surface area contributed by atoms with Crippen molar-refractivity contribution < 1.29 is 9.66 Å². The van der Waals surface area contributed by atoms with Crippen LogP contribution in [-0.4, -0.2) is 34.9 Å². The first-order valence-electron chi connectivity index (χ1n) is 10.6. The number of halogens is 1. The number of benzene rings is 3. The molecule has 0 spiro atoms. The van der Waals surface area contributed by atoms with Crippen molar-refractivity contribution in [3.05, 3.63) is 103 Å². The molecule has 1 aromatic heterocycles. The molecule has 0 amide bonds. The van der Waals surface area contributed by atoms with Gasteiger partial charge in [0.25, 0.3) is 11.2 Å². The lowest BCUT2D eigenvalue weighted by Crippen LogP contribution is -2.20. The van der Waals surface area contributed by atoms with Gasteiger partial charge in [0.1, 0.15) is 18.2 Å². The Morgan fingerprint density at radius 1 is 1.14 bits per heavy atom. The minimum Gasteiger partial charge on any atom is -0.488 e. The van der Waals surface area contributed by atoms with Gasteiger partial charge < -0.3 is 9.64 Å². The molecule has 0 unspecified atom stereocenters. The zero-order chi connectivity index (χ0) is 25.1. The van der Waals surface area contributed by atoms with Crippen LogP contribution in [0.15, 0.2) is 75.0 Å². The third-order valence-electron chi connectivity index (χ3n) is 5.34. The van der Waals surface area contributed by atoms with Crippen LogP contribution in [0.2, 0.25) is 0 Å². The summed E-state index contributed by atoms with van der Waals surface area (Å²) in [6, 6.07) is 17.2. The van der Waals surface area contributed by atoms with Gasteiger partial charge in [0, 0.05) is 48.0 Å². The van der Waals surface area contributed by atoms with Crippen molar-refractivity contribution in [1.29, 1.82) is 0 Å². The summed E-state index contributed by atoms with van der Waals surface area (Å²) in [5, 5.41) is 15.8. The first-order chi connectivity index (χ1) is 16.7. The van der Waals surface area contributed by atoms with E-state index in [9.17, 15) is 14.9 Å². The lowest BCUT2D eigenvalue weighted by atomic mass is 10.2. The molecule has 0 radical (unpaired) electrons. The van der Waals surface area contributed by atoms with Gasteiger partial charge in [0.15, 0.2) is 0 Å². The Kier molecular flexibility index (Phi) is 6.92. The number of nitrogens with zero attached hydrogens (tertiary/aromatic N) is 5. The Morgan fingerprint density at radius 2 is 1.89 bits per heavy atom. The lowest BCUT2D eigenvalue weighted by Gasteiger charge is -2.16. The van der Waals surface area contributed by atoms with Crippen LogP contribution in [0.5, 0.6) is 5.75 Å². The SMILES string of the molecule is Cc1nc2ccc(Br)cc2c(=O)n1N=Cc1ccc(N(C)C)cc1OCc1ccc([N+](=O)[O-])cc1. The van der Waals surface area contributed by atoms with Gasteiger partial charge in [-0.15, -0.1) is 0 Å². The molecule has 0 fully saturated rings. The number of aryl methyl sites for hydroxylation is 1. The zero-order valence-electron chi connectivity index (χ0n) is 19.3. The summed E-state index contributed by atoms with van der Waals surface area (Å²) in [5.41, 5.74) is 2.72. The van der Waals surface area contributed by atoms with Crippen LogP contribution in [0.25, 0.3) is 10.9 Å². The maximum atomic E-state index is 13.0. The highest BCUT2D eigenvalue weighted by Crippen LogP contribution is 2.25. The van der Waals surface area contributed by atoms with Crippen LogP contribution in [0.4, 0.5) is 11.4 Å². The molecule has 35 heavy (non-hydrogen) atoms. The van der Waals surface area contributed by atoms with Crippen molar-refractivity contribution >= 4 is 44.4 Å². The van der Waals surface area contributed by atoms with Gasteiger partial charge >= 0.3 is 0 Å². The first kappa shape index (κ1) is 24.1. The summed E-state index contributed by atoms with van der Waals surface area (Å²) in [6.45, 7) is 1.93. The van der Waals surface area contributed by atoms with E-state index in [1.54, 1.807) is 37.4 Å². The molecule has 0 aliphatic carbocycles. The van der Waals surface area contributed by atoms with E-state index in [0.717, 1.165) is 15.7 Å². The monoisotopic (exact) mass is 535 g/mol. The van der Waals surface area contributed by atoms with E-state index in [-0.39, 0.29) is 17.9 Å². The van der Waals surface area contributed by atoms with Crippen LogP contribution < -0.4 is 15.2 Å². The molecule has 4 rings (SSSR count). The van der Waals surface area contributed by atoms with Gasteiger partial charge in [0.2, 0.25) is 0 Å². The third-order valence-corrected chi connectivity index (χ3v) is 5.83. The second-order valence-corrected chi connectivity index (χ2v) is 8.93. The lowest BCUT2D eigenvalue weighted by molar-refractivity contribution is -0.384. The van der Waals surface area contributed by atoms with E-state index in [0.29, 0.717) is 28.0 Å². The van der Waals surface area contributed by atoms with Gasteiger partial charge in [-0.3, -0.25) is 14.9 Å². The van der Waals surface area contributed by atoms with Crippen molar-refractivity contribution in [3.8, 4) is 5.75 Å². The number of ether oxygens (including phenoxy) is 1. The number of hydrogen-bond acceptors (Lipinski definition) is 7. The molecule has 0 atom stereocenters. The predicted molar refractivity (Wildman–Crippen MR) is 140 cm³/mol. The third kappa shape index (κ3) is 5.38. The van der Waals surface area contributed by atoms with E-state index in [1.165, 1.54) is 16.8 Å². The van der Waals surface area contributed by atoms with Crippen LogP contribution in [0.3, 0.4) is 0 Å². The number of hydrogen-bond donors (Lipinski definition) is 0. The van der Waals surface area contributed by atoms with Crippen molar-refractivity contribution in [2.45, 2.75) is 13.5 Å². The zero-order valence-corrected chi connectivity index (χ0v) is 20.9. The largest absolute Gasteiger partial charge is 0.488 e. The second kappa shape index (κ2) is 10.1. The van der Waals surface area contributed by atoms with Crippen molar-refractivity contribution in [2.75, 3.05) is 19.0 Å². The predicted octanol–water partition coefficient (Wildman–Crippen LogP) is 4.90. The molecule has 0 saturated heterocycles. The van der Waals surface area contributed by atoms with E-state index < -0.39 is 4.92 Å². The number of rotatable bonds is 7. The Hall–Kier alpha value is -4.05. The van der Waals surface area contributed by atoms with E-state index in [2.05, 4.69) is 26.0 Å². The number of nitro groups is 1. The van der Waals surface area contributed by atoms with Crippen LogP contribution in [0.1, 0.15) is 17.0 Å². The van der Waals surface area contributed by atoms with Crippen molar-refractivity contribution in [1.82, 2.24) is 9.66 Å². The molecule has 3 aromatic carbocycles. The number of non-ortho nitro benzene ring substituents is 1. The van der Waals surface area contributed by atoms with E-state index in [4.69, 9.17) is 4.74 Å². The fourth-order valence-corrected chi connectivity index (χ4v) is 3.78. The van der Waals surface area contributed by atoms with Crippen molar-refractivity contribution in [2.24, 2.45) is 5.10 Å². The fourth-order valence-electron chi connectivity index (χ4n) is 3.42. The first-order valence-corrected chi connectivity index (χ1v) is 11.4. The summed E-state index contributed by atoms with van der Waals surface area (Å²) in [6.07, 6.45) is 1.56. The Balaban J connectivity index is 1.67. The average molecular weight is 536 g/mol. The molecular formula is C25H22BrN5O4. The molecule has 0 N–H and O–H groups in total. The standard InChI is InChI=1S/C25H22BrN5O4/c1-16-28-23-11-7-19(26)12-22(23)25(32)30(16)27-14-18-6-10-21(29(2)3)13-24(18)35-15-17-4-8-20(9-5-17)31(33)34/h4-14H,15H2,1-3H3. The maximum Gasteiger partial charge on any atom is 0.282 e. The van der Waals surface area contributed by atoms with Gasteiger partial charge in [-0.2, -0.15) is 9.78 Å². The molecule has 4 aromatic rings. The molecule has 0 bridgehead atoms. The quantitative estimate of drug-likeness (QED) is 0.189. The molecule has 9 nitrogen and oxygen atoms in total. The molecule has 0 aliphatic heterocycles. The van der Waals surface area contributed by atoms with Crippen LogP contribution >= 0.6 is 15.9 Å². The van der Waals surface area contributed by atoms with E-state index in [1.807, 2.05) is 43.3 Å². The summed E-state index contributed by atoms with van der Waals surface area (Å²) < 4.78 is 8.09. The number of nitro benzene ring substituents is 1. The summed E-state index contributed by atoms with van der Waals surface area (Å²) in [7, 11) is 3.84. The summed E-state index contributed by atoms with van der Waals surface area (Å²) >= 11 is 3.39. The highest BCUT2D eigenvalue weighted by atomic mass is 79.9. The number of fused-ring (bicyclic) bond motifs is 1. The topological polar surface area (TPSA) is 103 Å². The minimum absolute atomic E-state index is 0.0213. The number of anilines is 1. The van der Waals surface area contributed by atoms with Gasteiger partial charge in [0.05, 0.1) is 22.0 Å². The Labute approximate surface area is 209 Å². The van der Waals surface area contributed by atoms with Crippen LogP contribution in [0, 0.1) is 17.0 Å². The van der Waals surface area contributed by atoms with Gasteiger partial charge in [-0.05, 0) is 55.0 Å². The van der Waals surface area contributed by atoms with Crippen LogP contribution in [-0.2, 0) is 6.61 Å². The molecule has 1 heterocycles. The van der Waals surface area contributed by atoms with Gasteiger partial charge in [-0.1, -0.05) is 15.9 Å². The van der Waals surface area contributed by atoms with Crippen molar-refractivity contribution in [3.63, 3.8) is 0 Å². The second-order valence-electron chi connectivity index (χ2n) is 8.01. The van der Waals surface area contributed by atoms with E-state index >= 15 is 0 Å².